The van der Waals surface area contributed by atoms with Crippen LogP contribution in [0.4, 0.5) is 26.9 Å². The number of carbonyl (C=O) groups excluding carboxylic acids is 3. The fourth-order valence-corrected chi connectivity index (χ4v) is 6.35. The molecule has 0 bridgehead atoms. The largest absolute Gasteiger partial charge is 0.444 e. The first-order chi connectivity index (χ1) is 24.4. The van der Waals surface area contributed by atoms with E-state index in [-0.39, 0.29) is 40.5 Å². The van der Waals surface area contributed by atoms with Gasteiger partial charge in [0.05, 0.1) is 17.8 Å². The first kappa shape index (κ1) is 41.4. The molecule has 3 aromatic rings. The first-order valence-electron chi connectivity index (χ1n) is 18.3. The Kier molecular flexibility index (Phi) is 12.2. The molecule has 3 heterocycles. The fraction of sp³-hybridized carbons (Fsp3) is 0.575. The van der Waals surface area contributed by atoms with Gasteiger partial charge in [0, 0.05) is 35.9 Å². The molecule has 3 amide bonds. The highest BCUT2D eigenvalue weighted by Gasteiger charge is 2.44. The molecule has 4 rings (SSSR count). The molecule has 1 aromatic carbocycles. The van der Waals surface area contributed by atoms with Crippen LogP contribution in [0.25, 0.3) is 5.65 Å². The molecule has 290 valence electrons. The number of rotatable bonds is 10. The van der Waals surface area contributed by atoms with Gasteiger partial charge < -0.3 is 25.0 Å². The topological polar surface area (TPSA) is 130 Å². The number of anilines is 3. The number of benzene rings is 1. The van der Waals surface area contributed by atoms with Crippen molar-refractivity contribution in [2.24, 2.45) is 11.3 Å². The van der Waals surface area contributed by atoms with Gasteiger partial charge in [-0.3, -0.25) is 9.69 Å². The van der Waals surface area contributed by atoms with Crippen LogP contribution in [0, 0.1) is 11.3 Å². The van der Waals surface area contributed by atoms with Gasteiger partial charge >= 0.3 is 12.2 Å². The summed E-state index contributed by atoms with van der Waals surface area (Å²) in [5.41, 5.74) is 0.811. The molecule has 2 N–H and O–H groups in total. The van der Waals surface area contributed by atoms with Gasteiger partial charge in [0.2, 0.25) is 0 Å². The zero-order valence-electron chi connectivity index (χ0n) is 33.5. The van der Waals surface area contributed by atoms with Gasteiger partial charge in [0.1, 0.15) is 22.8 Å². The van der Waals surface area contributed by atoms with Gasteiger partial charge in [0.15, 0.2) is 5.65 Å². The molecule has 0 radical (unpaired) electrons. The minimum absolute atomic E-state index is 0.0969. The molecule has 13 heteroatoms. The summed E-state index contributed by atoms with van der Waals surface area (Å²) in [5.74, 6) is 0.793. The lowest BCUT2D eigenvalue weighted by Crippen LogP contribution is -2.57. The number of nitrogens with one attached hydrogen (secondary N) is 2. The number of aromatic nitrogens is 3. The number of likely N-dealkylation sites (tertiary alicyclic amines) is 1. The zero-order valence-corrected chi connectivity index (χ0v) is 34.3. The Morgan fingerprint density at radius 2 is 1.72 bits per heavy atom. The van der Waals surface area contributed by atoms with Crippen LogP contribution in [0.3, 0.4) is 0 Å². The second kappa shape index (κ2) is 15.6. The number of hydrogen-bond acceptors (Lipinski definition) is 8. The minimum Gasteiger partial charge on any atom is -0.444 e. The lowest BCUT2D eigenvalue weighted by Gasteiger charge is -2.49. The standard InChI is InChI=1S/C40H58ClN7O5/c1-25(2)30-21-43-48-32(46(35(50)52-37(4,5)6)22-27-15-14-16-29(19-27)44-34(49)26(3)41)20-31(45-33(30)48)42-24-39(10,11)28-17-18-40(12,13)47(23-28)36(51)53-38(7,8)9/h14-16,19-21,25,28H,3,17-18,22-24H2,1-2,4-13H3,(H,42,45)(H,44,49)/t28-/m1/s1. The van der Waals surface area contributed by atoms with Crippen molar-refractivity contribution in [3.63, 3.8) is 0 Å². The Morgan fingerprint density at radius 3 is 2.32 bits per heavy atom. The predicted molar refractivity (Wildman–Crippen MR) is 212 cm³/mol. The summed E-state index contributed by atoms with van der Waals surface area (Å²) in [6, 6.07) is 8.95. The fourth-order valence-electron chi connectivity index (χ4n) is 6.30. The van der Waals surface area contributed by atoms with Crippen LogP contribution in [0.2, 0.25) is 0 Å². The van der Waals surface area contributed by atoms with Crippen LogP contribution in [-0.4, -0.2) is 67.4 Å². The third-order valence-electron chi connectivity index (χ3n) is 9.45. The van der Waals surface area contributed by atoms with Gasteiger partial charge in [-0.2, -0.15) is 9.61 Å². The van der Waals surface area contributed by atoms with Gasteiger partial charge in [0.25, 0.3) is 5.91 Å². The first-order valence-corrected chi connectivity index (χ1v) is 18.6. The normalized spacial score (nSPS) is 16.3. The molecule has 0 spiro atoms. The van der Waals surface area contributed by atoms with E-state index in [9.17, 15) is 14.4 Å². The van der Waals surface area contributed by atoms with E-state index in [0.717, 1.165) is 24.0 Å². The maximum Gasteiger partial charge on any atom is 0.416 e. The Morgan fingerprint density at radius 1 is 1.06 bits per heavy atom. The van der Waals surface area contributed by atoms with Crippen molar-refractivity contribution in [2.45, 2.75) is 125 Å². The van der Waals surface area contributed by atoms with Crippen molar-refractivity contribution in [1.82, 2.24) is 19.5 Å². The lowest BCUT2D eigenvalue weighted by atomic mass is 9.71. The van der Waals surface area contributed by atoms with E-state index in [1.54, 1.807) is 28.9 Å². The summed E-state index contributed by atoms with van der Waals surface area (Å²) in [7, 11) is 0. The van der Waals surface area contributed by atoms with E-state index in [1.807, 2.05) is 58.6 Å². The summed E-state index contributed by atoms with van der Waals surface area (Å²) < 4.78 is 13.4. The number of halogens is 1. The second-order valence-electron chi connectivity index (χ2n) is 17.6. The number of ether oxygens (including phenoxy) is 2. The van der Waals surface area contributed by atoms with Gasteiger partial charge in [-0.15, -0.1) is 0 Å². The number of carbonyl (C=O) groups is 3. The van der Waals surface area contributed by atoms with Crippen LogP contribution in [0.1, 0.15) is 113 Å². The van der Waals surface area contributed by atoms with Crippen LogP contribution in [-0.2, 0) is 20.8 Å². The summed E-state index contributed by atoms with van der Waals surface area (Å²) in [6.45, 7) is 28.6. The molecule has 1 fully saturated rings. The number of nitrogens with zero attached hydrogens (tertiary/aromatic N) is 5. The summed E-state index contributed by atoms with van der Waals surface area (Å²) in [4.78, 5) is 48.0. The van der Waals surface area contributed by atoms with Gasteiger partial charge in [-0.25, -0.2) is 14.6 Å². The monoisotopic (exact) mass is 751 g/mol. The SMILES string of the molecule is C=C(Cl)C(=O)Nc1cccc(CN(C(=O)OC(C)(C)C)c2cc(NCC(C)(C)[C@@H]3CCC(C)(C)N(C(=O)OC(C)(C)C)C3)nc3c(C(C)C)cnn23)c1. The molecule has 1 aliphatic heterocycles. The van der Waals surface area contributed by atoms with E-state index in [0.29, 0.717) is 36.1 Å². The van der Waals surface area contributed by atoms with Crippen molar-refractivity contribution in [1.29, 1.82) is 0 Å². The molecular formula is C40H58ClN7O5. The summed E-state index contributed by atoms with van der Waals surface area (Å²) >= 11 is 5.81. The van der Waals surface area contributed by atoms with E-state index >= 15 is 0 Å². The third-order valence-corrected chi connectivity index (χ3v) is 9.62. The molecule has 1 saturated heterocycles. The summed E-state index contributed by atoms with van der Waals surface area (Å²) in [6.07, 6.45) is 2.70. The smallest absolute Gasteiger partial charge is 0.416 e. The number of fused-ring (bicyclic) bond motifs is 1. The summed E-state index contributed by atoms with van der Waals surface area (Å²) in [5, 5.41) is 10.9. The van der Waals surface area contributed by atoms with E-state index in [4.69, 9.17) is 31.2 Å². The zero-order chi connectivity index (χ0) is 39.7. The molecule has 53 heavy (non-hydrogen) atoms. The van der Waals surface area contributed by atoms with Crippen molar-refractivity contribution in [2.75, 3.05) is 28.6 Å². The molecule has 0 saturated carbocycles. The van der Waals surface area contributed by atoms with Gasteiger partial charge in [-0.1, -0.05) is 58.0 Å². The number of hydrogen-bond donors (Lipinski definition) is 2. The van der Waals surface area contributed by atoms with Crippen LogP contribution in [0.5, 0.6) is 0 Å². The predicted octanol–water partition coefficient (Wildman–Crippen LogP) is 9.35. The molecule has 0 unspecified atom stereocenters. The molecule has 1 atom stereocenters. The van der Waals surface area contributed by atoms with Crippen LogP contribution in [0.15, 0.2) is 48.1 Å². The highest BCUT2D eigenvalue weighted by atomic mass is 35.5. The second-order valence-corrected chi connectivity index (χ2v) is 18.1. The Bertz CT molecular complexity index is 1840. The molecular weight excluding hydrogens is 694 g/mol. The van der Waals surface area contributed by atoms with E-state index < -0.39 is 23.2 Å². The quantitative estimate of drug-likeness (QED) is 0.196. The number of amides is 3. The molecule has 2 aromatic heterocycles. The average Bonchev–Trinajstić information content (AvgIpc) is 3.45. The van der Waals surface area contributed by atoms with Crippen LogP contribution < -0.4 is 15.5 Å². The van der Waals surface area contributed by atoms with Crippen molar-refractivity contribution in [3.8, 4) is 0 Å². The average molecular weight is 752 g/mol. The third kappa shape index (κ3) is 10.6. The van der Waals surface area contributed by atoms with E-state index in [1.165, 1.54) is 4.90 Å². The molecule has 0 aliphatic carbocycles. The Hall–Kier alpha value is -4.32. The highest BCUT2D eigenvalue weighted by molar-refractivity contribution is 6.43. The van der Waals surface area contributed by atoms with Crippen molar-refractivity contribution in [3.05, 3.63) is 59.3 Å². The Labute approximate surface area is 319 Å². The molecule has 1 aliphatic rings. The number of piperidine rings is 1. The highest BCUT2D eigenvalue weighted by Crippen LogP contribution is 2.41. The van der Waals surface area contributed by atoms with Gasteiger partial charge in [-0.05, 0) is 103 Å². The maximum atomic E-state index is 14.0. The maximum absolute atomic E-state index is 14.0. The Balaban J connectivity index is 1.71. The lowest BCUT2D eigenvalue weighted by molar-refractivity contribution is -0.112. The van der Waals surface area contributed by atoms with Crippen molar-refractivity contribution >= 4 is 52.7 Å². The van der Waals surface area contributed by atoms with Crippen molar-refractivity contribution < 1.29 is 23.9 Å². The van der Waals surface area contributed by atoms with Crippen LogP contribution >= 0.6 is 11.6 Å². The molecule has 12 nitrogen and oxygen atoms in total. The minimum atomic E-state index is -0.780. The van der Waals surface area contributed by atoms with E-state index in [2.05, 4.69) is 58.8 Å².